The molecule has 0 aliphatic rings. The maximum absolute atomic E-state index is 14.6. The average molecular weight is 461 g/mol. The van der Waals surface area contributed by atoms with Gasteiger partial charge in [0.05, 0.1) is 22.8 Å². The Morgan fingerprint density at radius 1 is 1.03 bits per heavy atom. The number of pyridine rings is 1. The first kappa shape index (κ1) is 23.4. The zero-order chi connectivity index (χ0) is 24.2. The van der Waals surface area contributed by atoms with E-state index in [0.29, 0.717) is 29.1 Å². The van der Waals surface area contributed by atoms with Gasteiger partial charge in [0.25, 0.3) is 5.56 Å². The van der Waals surface area contributed by atoms with Crippen LogP contribution >= 0.6 is 0 Å². The number of hydrogen-bond acceptors (Lipinski definition) is 4. The molecule has 0 saturated heterocycles. The van der Waals surface area contributed by atoms with Gasteiger partial charge in [-0.3, -0.25) is 19.2 Å². The number of benzene rings is 2. The van der Waals surface area contributed by atoms with Gasteiger partial charge in [0.2, 0.25) is 0 Å². The predicted molar refractivity (Wildman–Crippen MR) is 132 cm³/mol. The molecule has 0 saturated carbocycles. The zero-order valence-corrected chi connectivity index (χ0v) is 19.4. The quantitative estimate of drug-likeness (QED) is 0.372. The molecule has 0 aliphatic carbocycles. The van der Waals surface area contributed by atoms with Crippen molar-refractivity contribution in [2.75, 3.05) is 13.1 Å². The first-order chi connectivity index (χ1) is 16.4. The van der Waals surface area contributed by atoms with E-state index in [-0.39, 0.29) is 11.2 Å². The van der Waals surface area contributed by atoms with E-state index in [1.165, 1.54) is 28.8 Å². The van der Waals surface area contributed by atoms with Crippen molar-refractivity contribution in [2.24, 2.45) is 0 Å². The molecule has 2 aromatic heterocycles. The summed E-state index contributed by atoms with van der Waals surface area (Å²) < 4.78 is 29.9. The summed E-state index contributed by atoms with van der Waals surface area (Å²) in [4.78, 5) is 24.4. The van der Waals surface area contributed by atoms with Gasteiger partial charge in [0.1, 0.15) is 17.5 Å². The average Bonchev–Trinajstić information content (AvgIpc) is 2.84. The summed E-state index contributed by atoms with van der Waals surface area (Å²) in [6.07, 6.45) is 6.41. The molecule has 0 N–H and O–H groups in total. The number of aryl methyl sites for hydroxylation is 1. The first-order valence-electron chi connectivity index (χ1n) is 11.2. The summed E-state index contributed by atoms with van der Waals surface area (Å²) in [6, 6.07) is 10.7. The van der Waals surface area contributed by atoms with Crippen LogP contribution in [0.1, 0.15) is 36.4 Å². The lowest BCUT2D eigenvalue weighted by Gasteiger charge is -2.18. The Morgan fingerprint density at radius 3 is 2.56 bits per heavy atom. The van der Waals surface area contributed by atoms with Crippen LogP contribution in [-0.4, -0.2) is 32.5 Å². The predicted octanol–water partition coefficient (Wildman–Crippen LogP) is 5.38. The van der Waals surface area contributed by atoms with Crippen LogP contribution < -0.4 is 5.56 Å². The molecule has 0 aliphatic heterocycles. The molecule has 174 valence electrons. The highest BCUT2D eigenvalue weighted by molar-refractivity contribution is 5.80. The Hall–Kier alpha value is -3.71. The maximum Gasteiger partial charge on any atom is 0.266 e. The van der Waals surface area contributed by atoms with Gasteiger partial charge in [-0.1, -0.05) is 19.9 Å². The minimum Gasteiger partial charge on any atom is -0.300 e. The molecule has 5 nitrogen and oxygen atoms in total. The van der Waals surface area contributed by atoms with Crippen LogP contribution in [-0.2, 0) is 6.54 Å². The first-order valence-corrected chi connectivity index (χ1v) is 11.2. The Morgan fingerprint density at radius 2 is 1.82 bits per heavy atom. The van der Waals surface area contributed by atoms with E-state index in [9.17, 15) is 13.6 Å². The van der Waals surface area contributed by atoms with E-state index in [1.54, 1.807) is 42.7 Å². The molecule has 0 radical (unpaired) electrons. The van der Waals surface area contributed by atoms with E-state index < -0.39 is 11.4 Å². The van der Waals surface area contributed by atoms with Gasteiger partial charge >= 0.3 is 0 Å². The van der Waals surface area contributed by atoms with E-state index in [0.717, 1.165) is 24.2 Å². The number of halogens is 2. The number of fused-ring (bicyclic) bond motifs is 1. The number of rotatable bonds is 7. The molecule has 2 heterocycles. The molecule has 4 aromatic rings. The fourth-order valence-electron chi connectivity index (χ4n) is 3.90. The van der Waals surface area contributed by atoms with Crippen LogP contribution in [0.3, 0.4) is 0 Å². The molecule has 4 rings (SSSR count). The lowest BCUT2D eigenvalue weighted by Crippen LogP contribution is -2.23. The third-order valence-electron chi connectivity index (χ3n) is 5.88. The highest BCUT2D eigenvalue weighted by atomic mass is 19.1. The van der Waals surface area contributed by atoms with Gasteiger partial charge in [-0.2, -0.15) is 0 Å². The van der Waals surface area contributed by atoms with E-state index in [2.05, 4.69) is 28.7 Å². The molecular formula is C27H26F2N4O. The highest BCUT2D eigenvalue weighted by Gasteiger charge is 2.14. The normalized spacial score (nSPS) is 11.7. The third kappa shape index (κ3) is 4.79. The summed E-state index contributed by atoms with van der Waals surface area (Å²) in [7, 11) is 0. The van der Waals surface area contributed by atoms with Gasteiger partial charge in [0, 0.05) is 18.3 Å². The fraction of sp³-hybridized carbons (Fsp3) is 0.222. The maximum atomic E-state index is 14.6. The van der Waals surface area contributed by atoms with Crippen molar-refractivity contribution in [1.82, 2.24) is 19.4 Å². The van der Waals surface area contributed by atoms with Crippen LogP contribution in [0.15, 0.2) is 59.7 Å². The molecule has 2 aromatic carbocycles. The Kier molecular flexibility index (Phi) is 6.93. The van der Waals surface area contributed by atoms with Gasteiger partial charge in [-0.25, -0.2) is 13.8 Å². The molecule has 7 heteroatoms. The Labute approximate surface area is 197 Å². The molecule has 0 spiro atoms. The van der Waals surface area contributed by atoms with Crippen molar-refractivity contribution >= 4 is 23.1 Å². The molecule has 0 unspecified atom stereocenters. The Balaban J connectivity index is 1.85. The lowest BCUT2D eigenvalue weighted by molar-refractivity contribution is 0.296. The summed E-state index contributed by atoms with van der Waals surface area (Å²) >= 11 is 0. The second-order valence-corrected chi connectivity index (χ2v) is 8.08. The standard InChI is InChI=1S/C27H26F2N4O/c1-4-32(5-2)17-19-6-9-23(29)20(14-19)7-11-26-31-24-10-8-21(28)15-22(24)27(34)33(26)25-16-30-13-12-18(25)3/h6-16H,4-5,17H2,1-3H3/b11-7+. The van der Waals surface area contributed by atoms with Gasteiger partial charge in [0.15, 0.2) is 0 Å². The van der Waals surface area contributed by atoms with Crippen LogP contribution in [0, 0.1) is 18.6 Å². The number of hydrogen-bond donors (Lipinski definition) is 0. The Bertz CT molecular complexity index is 1420. The van der Waals surface area contributed by atoms with Crippen molar-refractivity contribution < 1.29 is 8.78 Å². The number of aromatic nitrogens is 3. The molecular weight excluding hydrogens is 434 g/mol. The molecule has 0 fully saturated rings. The molecule has 0 amide bonds. The highest BCUT2D eigenvalue weighted by Crippen LogP contribution is 2.20. The van der Waals surface area contributed by atoms with Crippen molar-refractivity contribution in [2.45, 2.75) is 27.3 Å². The largest absolute Gasteiger partial charge is 0.300 e. The smallest absolute Gasteiger partial charge is 0.266 e. The van der Waals surface area contributed by atoms with E-state index >= 15 is 0 Å². The second-order valence-electron chi connectivity index (χ2n) is 8.08. The van der Waals surface area contributed by atoms with E-state index in [1.807, 2.05) is 6.92 Å². The third-order valence-corrected chi connectivity index (χ3v) is 5.88. The van der Waals surface area contributed by atoms with Gasteiger partial charge in [-0.05, 0) is 79.7 Å². The monoisotopic (exact) mass is 460 g/mol. The van der Waals surface area contributed by atoms with Crippen molar-refractivity contribution in [3.05, 3.63) is 99.4 Å². The summed E-state index contributed by atoms with van der Waals surface area (Å²) in [5.74, 6) is -0.584. The van der Waals surface area contributed by atoms with Crippen molar-refractivity contribution in [1.29, 1.82) is 0 Å². The SMILES string of the molecule is CCN(CC)Cc1ccc(F)c(/C=C/c2nc3ccc(F)cc3c(=O)n2-c2cnccc2C)c1. The minimum absolute atomic E-state index is 0.160. The van der Waals surface area contributed by atoms with Gasteiger partial charge < -0.3 is 0 Å². The van der Waals surface area contributed by atoms with E-state index in [4.69, 9.17) is 0 Å². The molecule has 34 heavy (non-hydrogen) atoms. The van der Waals surface area contributed by atoms with Crippen LogP contribution in [0.2, 0.25) is 0 Å². The van der Waals surface area contributed by atoms with Crippen LogP contribution in [0.4, 0.5) is 8.78 Å². The topological polar surface area (TPSA) is 51.0 Å². The lowest BCUT2D eigenvalue weighted by atomic mass is 10.1. The molecule has 0 bridgehead atoms. The fourth-order valence-corrected chi connectivity index (χ4v) is 3.90. The summed E-state index contributed by atoms with van der Waals surface area (Å²) in [5.41, 5.74) is 2.66. The molecule has 0 atom stereocenters. The van der Waals surface area contributed by atoms with Crippen molar-refractivity contribution in [3.8, 4) is 5.69 Å². The van der Waals surface area contributed by atoms with Gasteiger partial charge in [-0.15, -0.1) is 0 Å². The van der Waals surface area contributed by atoms with Crippen LogP contribution in [0.5, 0.6) is 0 Å². The summed E-state index contributed by atoms with van der Waals surface area (Å²) in [5, 5.41) is 0.160. The van der Waals surface area contributed by atoms with Crippen molar-refractivity contribution in [3.63, 3.8) is 0 Å². The second kappa shape index (κ2) is 10.1. The zero-order valence-electron chi connectivity index (χ0n) is 19.4. The minimum atomic E-state index is -0.517. The number of nitrogens with zero attached hydrogens (tertiary/aromatic N) is 4. The van der Waals surface area contributed by atoms with Crippen LogP contribution in [0.25, 0.3) is 28.7 Å². The summed E-state index contributed by atoms with van der Waals surface area (Å²) in [6.45, 7) is 8.54.